The van der Waals surface area contributed by atoms with Gasteiger partial charge < -0.3 is 25.2 Å². The molecule has 0 aliphatic rings. The normalized spacial score (nSPS) is 10.2. The molecule has 2 aromatic rings. The van der Waals surface area contributed by atoms with E-state index >= 15 is 0 Å². The average Bonchev–Trinajstić information content (AvgIpc) is 2.61. The number of hydrogen-bond acceptors (Lipinski definition) is 7. The third-order valence-electron chi connectivity index (χ3n) is 3.30. The van der Waals surface area contributed by atoms with Crippen LogP contribution in [-0.4, -0.2) is 55.8 Å². The molecule has 0 spiro atoms. The maximum absolute atomic E-state index is 12.2. The molecule has 0 atom stereocenters. The van der Waals surface area contributed by atoms with Gasteiger partial charge in [0, 0.05) is 28.2 Å². The van der Waals surface area contributed by atoms with Gasteiger partial charge >= 0.3 is 6.03 Å². The lowest BCUT2D eigenvalue weighted by atomic mass is 10.3. The van der Waals surface area contributed by atoms with E-state index in [2.05, 4.69) is 25.6 Å². The highest BCUT2D eigenvalue weighted by molar-refractivity contribution is 5.90. The molecule has 26 heavy (non-hydrogen) atoms. The van der Waals surface area contributed by atoms with Crippen LogP contribution in [0.15, 0.2) is 24.3 Å². The Labute approximate surface area is 153 Å². The van der Waals surface area contributed by atoms with E-state index in [-0.39, 0.29) is 12.6 Å². The lowest BCUT2D eigenvalue weighted by Gasteiger charge is -2.16. The van der Waals surface area contributed by atoms with E-state index in [9.17, 15) is 4.79 Å². The molecular formula is C17H25N7O2. The number of carbonyl (C=O) groups excluding carboxylic acids is 1. The van der Waals surface area contributed by atoms with Crippen molar-refractivity contribution in [1.29, 1.82) is 0 Å². The Kier molecular flexibility index (Phi) is 6.54. The number of nitrogens with zero attached hydrogens (tertiary/aromatic N) is 5. The molecule has 140 valence electrons. The summed E-state index contributed by atoms with van der Waals surface area (Å²) < 4.78 is 5.50. The van der Waals surface area contributed by atoms with Crippen molar-refractivity contribution in [3.05, 3.63) is 30.1 Å². The molecule has 0 unspecified atom stereocenters. The van der Waals surface area contributed by atoms with Gasteiger partial charge in [0.25, 0.3) is 0 Å². The number of ether oxygens (including phenoxy) is 1. The minimum Gasteiger partial charge on any atom is -0.492 e. The summed E-state index contributed by atoms with van der Waals surface area (Å²) in [4.78, 5) is 28.8. The molecule has 9 heteroatoms. The van der Waals surface area contributed by atoms with Gasteiger partial charge in [-0.15, -0.1) is 0 Å². The number of benzene rings is 1. The van der Waals surface area contributed by atoms with Crippen molar-refractivity contribution in [3.8, 4) is 5.75 Å². The molecule has 1 aromatic carbocycles. The van der Waals surface area contributed by atoms with Crippen LogP contribution in [0.25, 0.3) is 0 Å². The Morgan fingerprint density at radius 1 is 1.04 bits per heavy atom. The topological polar surface area (TPSA) is 95.5 Å². The average molecular weight is 359 g/mol. The third-order valence-corrected chi connectivity index (χ3v) is 3.30. The lowest BCUT2D eigenvalue weighted by molar-refractivity contribution is 0.251. The Morgan fingerprint density at radius 3 is 2.23 bits per heavy atom. The summed E-state index contributed by atoms with van der Waals surface area (Å²) >= 11 is 0. The summed E-state index contributed by atoms with van der Waals surface area (Å²) in [5.74, 6) is 2.15. The van der Waals surface area contributed by atoms with Gasteiger partial charge in [-0.3, -0.25) is 0 Å². The van der Waals surface area contributed by atoms with Crippen molar-refractivity contribution >= 4 is 23.6 Å². The Balaban J connectivity index is 2.05. The fourth-order valence-electron chi connectivity index (χ4n) is 2.05. The zero-order valence-corrected chi connectivity index (χ0v) is 15.8. The molecule has 2 amide bonds. The van der Waals surface area contributed by atoms with Gasteiger partial charge in [-0.1, -0.05) is 12.1 Å². The number of hydrogen-bond donors (Lipinski definition) is 2. The number of aromatic nitrogens is 3. The second-order valence-corrected chi connectivity index (χ2v) is 5.88. The maximum atomic E-state index is 12.2. The van der Waals surface area contributed by atoms with Crippen LogP contribution in [0.3, 0.4) is 0 Å². The molecule has 2 rings (SSSR count). The quantitative estimate of drug-likeness (QED) is 0.777. The highest BCUT2D eigenvalue weighted by Gasteiger charge is 2.12. The van der Waals surface area contributed by atoms with Crippen LogP contribution in [0, 0.1) is 0 Å². The van der Waals surface area contributed by atoms with E-state index in [4.69, 9.17) is 4.74 Å². The highest BCUT2D eigenvalue weighted by Crippen LogP contribution is 2.23. The summed E-state index contributed by atoms with van der Waals surface area (Å²) in [6.45, 7) is 2.58. The smallest absolute Gasteiger partial charge is 0.319 e. The van der Waals surface area contributed by atoms with Gasteiger partial charge in [-0.2, -0.15) is 15.0 Å². The van der Waals surface area contributed by atoms with Crippen LogP contribution in [0.2, 0.25) is 0 Å². The number of rotatable bonds is 7. The first-order chi connectivity index (χ1) is 12.4. The van der Waals surface area contributed by atoms with Crippen LogP contribution < -0.4 is 25.2 Å². The van der Waals surface area contributed by atoms with Crippen molar-refractivity contribution < 1.29 is 9.53 Å². The fraction of sp³-hybridized carbons (Fsp3) is 0.412. The first-order valence-electron chi connectivity index (χ1n) is 8.27. The second kappa shape index (κ2) is 8.84. The number of anilines is 3. The number of carbonyl (C=O) groups is 1. The molecule has 0 saturated heterocycles. The summed E-state index contributed by atoms with van der Waals surface area (Å²) in [5, 5.41) is 5.53. The van der Waals surface area contributed by atoms with Crippen LogP contribution in [0.1, 0.15) is 12.7 Å². The predicted molar refractivity (Wildman–Crippen MR) is 102 cm³/mol. The van der Waals surface area contributed by atoms with Crippen LogP contribution in [0.4, 0.5) is 22.4 Å². The zero-order chi connectivity index (χ0) is 19.1. The van der Waals surface area contributed by atoms with E-state index in [0.29, 0.717) is 35.8 Å². The molecule has 1 heterocycles. The van der Waals surface area contributed by atoms with E-state index in [0.717, 1.165) is 0 Å². The number of para-hydroxylation sites is 2. The largest absolute Gasteiger partial charge is 0.492 e. The molecule has 0 saturated carbocycles. The van der Waals surface area contributed by atoms with Crippen molar-refractivity contribution in [2.45, 2.75) is 13.5 Å². The fourth-order valence-corrected chi connectivity index (χ4v) is 2.05. The minimum atomic E-state index is -0.365. The number of urea groups is 1. The number of amides is 2. The van der Waals surface area contributed by atoms with Gasteiger partial charge in [-0.05, 0) is 19.1 Å². The first-order valence-corrected chi connectivity index (χ1v) is 8.27. The molecule has 0 aliphatic heterocycles. The van der Waals surface area contributed by atoms with Crippen molar-refractivity contribution in [2.24, 2.45) is 0 Å². The van der Waals surface area contributed by atoms with Crippen molar-refractivity contribution in [1.82, 2.24) is 20.3 Å². The molecular weight excluding hydrogens is 334 g/mol. The molecule has 0 aliphatic carbocycles. The van der Waals surface area contributed by atoms with Crippen molar-refractivity contribution in [2.75, 3.05) is 49.9 Å². The van der Waals surface area contributed by atoms with Gasteiger partial charge in [-0.25, -0.2) is 4.79 Å². The Bertz CT molecular complexity index is 723. The summed E-state index contributed by atoms with van der Waals surface area (Å²) in [6.07, 6.45) is 0. The number of nitrogens with one attached hydrogen (secondary N) is 2. The molecule has 1 aromatic heterocycles. The highest BCUT2D eigenvalue weighted by atomic mass is 16.5. The van der Waals surface area contributed by atoms with Crippen LogP contribution in [0.5, 0.6) is 5.75 Å². The summed E-state index contributed by atoms with van der Waals surface area (Å²) in [6, 6.07) is 6.90. The van der Waals surface area contributed by atoms with Crippen LogP contribution >= 0.6 is 0 Å². The van der Waals surface area contributed by atoms with E-state index in [1.54, 1.807) is 21.9 Å². The van der Waals surface area contributed by atoms with E-state index in [1.807, 2.05) is 47.2 Å². The Morgan fingerprint density at radius 2 is 1.65 bits per heavy atom. The third kappa shape index (κ3) is 5.20. The van der Waals surface area contributed by atoms with E-state index < -0.39 is 0 Å². The molecule has 9 nitrogen and oxygen atoms in total. The van der Waals surface area contributed by atoms with Crippen molar-refractivity contribution in [3.63, 3.8) is 0 Å². The van der Waals surface area contributed by atoms with Gasteiger partial charge in [0.05, 0.1) is 18.8 Å². The SMILES string of the molecule is CCOc1ccccc1NC(=O)NCc1nc(N(C)C)nc(N(C)C)n1. The van der Waals surface area contributed by atoms with Gasteiger partial charge in [0.15, 0.2) is 5.82 Å². The van der Waals surface area contributed by atoms with Crippen LogP contribution in [-0.2, 0) is 6.54 Å². The molecule has 0 radical (unpaired) electrons. The summed E-state index contributed by atoms with van der Waals surface area (Å²) in [7, 11) is 7.40. The lowest BCUT2D eigenvalue weighted by Crippen LogP contribution is -2.30. The first kappa shape index (κ1) is 19.2. The molecule has 2 N–H and O–H groups in total. The summed E-state index contributed by atoms with van der Waals surface area (Å²) in [5.41, 5.74) is 0.602. The monoisotopic (exact) mass is 359 g/mol. The van der Waals surface area contributed by atoms with Gasteiger partial charge in [0.2, 0.25) is 11.9 Å². The van der Waals surface area contributed by atoms with Gasteiger partial charge in [0.1, 0.15) is 5.75 Å². The zero-order valence-electron chi connectivity index (χ0n) is 15.8. The standard InChI is InChI=1S/C17H25N7O2/c1-6-26-13-10-8-7-9-12(13)19-17(25)18-11-14-20-15(23(2)3)22-16(21-14)24(4)5/h7-10H,6,11H2,1-5H3,(H2,18,19,25). The molecule has 0 bridgehead atoms. The second-order valence-electron chi connectivity index (χ2n) is 5.88. The minimum absolute atomic E-state index is 0.173. The molecule has 0 fully saturated rings. The van der Waals surface area contributed by atoms with E-state index in [1.165, 1.54) is 0 Å². The predicted octanol–water partition coefficient (Wildman–Crippen LogP) is 1.72. The Hall–Kier alpha value is -3.10. The maximum Gasteiger partial charge on any atom is 0.319 e.